The van der Waals surface area contributed by atoms with Gasteiger partial charge in [-0.05, 0) is 42.7 Å². The van der Waals surface area contributed by atoms with E-state index in [1.165, 1.54) is 6.26 Å². The van der Waals surface area contributed by atoms with Crippen molar-refractivity contribution in [2.24, 2.45) is 5.92 Å². The second-order valence-corrected chi connectivity index (χ2v) is 6.30. The van der Waals surface area contributed by atoms with E-state index in [2.05, 4.69) is 0 Å². The summed E-state index contributed by atoms with van der Waals surface area (Å²) in [7, 11) is 1.62. The fourth-order valence-electron chi connectivity index (χ4n) is 3.52. The van der Waals surface area contributed by atoms with Gasteiger partial charge in [-0.1, -0.05) is 18.6 Å². The van der Waals surface area contributed by atoms with Crippen molar-refractivity contribution in [1.82, 2.24) is 0 Å². The summed E-state index contributed by atoms with van der Waals surface area (Å²) in [5, 5.41) is 0. The predicted octanol–water partition coefficient (Wildman–Crippen LogP) is 4.40. The zero-order valence-corrected chi connectivity index (χ0v) is 13.9. The minimum atomic E-state index is -0.110. The molecule has 1 aromatic carbocycles. The highest BCUT2D eigenvalue weighted by atomic mass is 16.5. The molecule has 1 saturated carbocycles. The third-order valence-electron chi connectivity index (χ3n) is 4.83. The van der Waals surface area contributed by atoms with Crippen LogP contribution in [0.4, 0.5) is 0 Å². The number of ether oxygens (including phenoxy) is 1. The Hall–Kier alpha value is -2.36. The molecule has 24 heavy (non-hydrogen) atoms. The Labute approximate surface area is 141 Å². The highest BCUT2D eigenvalue weighted by molar-refractivity contribution is 5.94. The molecule has 0 saturated heterocycles. The number of Topliss-reactive ketones (excluding diaryl/α,β-unsaturated/α-hetero) is 2. The standard InChI is InChI=1S/C20H22O4/c1-23-15-10-8-14(9-11-15)17(16-5-2-3-6-18(16)21)13-19(22)20-7-4-12-24-20/h4,7-12,16-17H,2-3,5-6,13H2,1H3/t16-,17-/m0/s1. The summed E-state index contributed by atoms with van der Waals surface area (Å²) in [5.41, 5.74) is 1.01. The van der Waals surface area contributed by atoms with Gasteiger partial charge in [0.05, 0.1) is 13.4 Å². The molecule has 0 amide bonds. The van der Waals surface area contributed by atoms with Crippen molar-refractivity contribution in [3.8, 4) is 5.75 Å². The Bertz CT molecular complexity index is 685. The van der Waals surface area contributed by atoms with Gasteiger partial charge in [0, 0.05) is 24.7 Å². The van der Waals surface area contributed by atoms with Crippen molar-refractivity contribution in [2.45, 2.75) is 38.0 Å². The summed E-state index contributed by atoms with van der Waals surface area (Å²) in [4.78, 5) is 25.0. The molecule has 0 N–H and O–H groups in total. The second kappa shape index (κ2) is 7.47. The van der Waals surface area contributed by atoms with Crippen LogP contribution in [0, 0.1) is 5.92 Å². The molecule has 3 rings (SSSR count). The van der Waals surface area contributed by atoms with Crippen LogP contribution in [0.5, 0.6) is 5.75 Å². The molecule has 1 aromatic heterocycles. The van der Waals surface area contributed by atoms with E-state index in [1.54, 1.807) is 19.2 Å². The predicted molar refractivity (Wildman–Crippen MR) is 90.4 cm³/mol. The first-order valence-corrected chi connectivity index (χ1v) is 8.42. The summed E-state index contributed by atoms with van der Waals surface area (Å²) in [6.45, 7) is 0. The number of hydrogen-bond donors (Lipinski definition) is 0. The Balaban J connectivity index is 1.87. The number of benzene rings is 1. The summed E-state index contributed by atoms with van der Waals surface area (Å²) in [6.07, 6.45) is 5.25. The Morgan fingerprint density at radius 2 is 2.04 bits per heavy atom. The van der Waals surface area contributed by atoms with Crippen molar-refractivity contribution in [2.75, 3.05) is 7.11 Å². The van der Waals surface area contributed by atoms with Crippen LogP contribution in [0.25, 0.3) is 0 Å². The minimum Gasteiger partial charge on any atom is -0.497 e. The van der Waals surface area contributed by atoms with E-state index >= 15 is 0 Å². The summed E-state index contributed by atoms with van der Waals surface area (Å²) >= 11 is 0. The molecular weight excluding hydrogens is 304 g/mol. The Morgan fingerprint density at radius 3 is 2.67 bits per heavy atom. The van der Waals surface area contributed by atoms with Crippen LogP contribution in [0.3, 0.4) is 0 Å². The van der Waals surface area contributed by atoms with Gasteiger partial charge >= 0.3 is 0 Å². The molecule has 0 unspecified atom stereocenters. The zero-order chi connectivity index (χ0) is 16.9. The van der Waals surface area contributed by atoms with Crippen LogP contribution in [0.15, 0.2) is 47.1 Å². The molecule has 4 nitrogen and oxygen atoms in total. The van der Waals surface area contributed by atoms with Gasteiger partial charge in [-0.25, -0.2) is 0 Å². The van der Waals surface area contributed by atoms with Gasteiger partial charge in [0.25, 0.3) is 0 Å². The fourth-order valence-corrected chi connectivity index (χ4v) is 3.52. The Kier molecular flexibility index (Phi) is 5.14. The van der Waals surface area contributed by atoms with Crippen molar-refractivity contribution in [3.05, 3.63) is 54.0 Å². The molecule has 1 aliphatic carbocycles. The summed E-state index contributed by atoms with van der Waals surface area (Å²) < 4.78 is 10.4. The molecule has 0 spiro atoms. The van der Waals surface area contributed by atoms with Crippen LogP contribution in [-0.4, -0.2) is 18.7 Å². The lowest BCUT2D eigenvalue weighted by atomic mass is 9.74. The van der Waals surface area contributed by atoms with Crippen LogP contribution in [0.1, 0.15) is 54.1 Å². The first kappa shape index (κ1) is 16.5. The SMILES string of the molecule is COc1ccc([C@H](CC(=O)c2ccco2)[C@@H]2CCCCC2=O)cc1. The van der Waals surface area contributed by atoms with Crippen molar-refractivity contribution >= 4 is 11.6 Å². The third kappa shape index (κ3) is 3.58. The van der Waals surface area contributed by atoms with Crippen LogP contribution in [-0.2, 0) is 4.79 Å². The quantitative estimate of drug-likeness (QED) is 0.738. The molecule has 126 valence electrons. The molecule has 1 heterocycles. The highest BCUT2D eigenvalue weighted by Gasteiger charge is 2.33. The molecule has 0 bridgehead atoms. The lowest BCUT2D eigenvalue weighted by molar-refractivity contribution is -0.125. The molecule has 2 atom stereocenters. The van der Waals surface area contributed by atoms with Gasteiger partial charge < -0.3 is 9.15 Å². The summed E-state index contributed by atoms with van der Waals surface area (Å²) in [6, 6.07) is 11.1. The van der Waals surface area contributed by atoms with E-state index in [1.807, 2.05) is 24.3 Å². The molecule has 1 aliphatic rings. The van der Waals surface area contributed by atoms with Gasteiger partial charge in [-0.3, -0.25) is 9.59 Å². The van der Waals surface area contributed by atoms with Crippen molar-refractivity contribution < 1.29 is 18.7 Å². The molecule has 0 aliphatic heterocycles. The van der Waals surface area contributed by atoms with E-state index in [9.17, 15) is 9.59 Å². The smallest absolute Gasteiger partial charge is 0.198 e. The maximum atomic E-state index is 12.5. The number of carbonyl (C=O) groups excluding carboxylic acids is 2. The minimum absolute atomic E-state index is 0.0563. The van der Waals surface area contributed by atoms with Crippen LogP contribution in [0.2, 0.25) is 0 Å². The van der Waals surface area contributed by atoms with Gasteiger partial charge in [0.1, 0.15) is 11.5 Å². The summed E-state index contributed by atoms with van der Waals surface area (Å²) in [5.74, 6) is 1.14. The monoisotopic (exact) mass is 326 g/mol. The number of rotatable bonds is 6. The van der Waals surface area contributed by atoms with Crippen molar-refractivity contribution in [1.29, 1.82) is 0 Å². The molecule has 4 heteroatoms. The van der Waals surface area contributed by atoms with Crippen LogP contribution >= 0.6 is 0 Å². The lowest BCUT2D eigenvalue weighted by Crippen LogP contribution is -2.27. The van der Waals surface area contributed by atoms with Crippen molar-refractivity contribution in [3.63, 3.8) is 0 Å². The van der Waals surface area contributed by atoms with E-state index in [-0.39, 0.29) is 29.8 Å². The molecule has 2 aromatic rings. The van der Waals surface area contributed by atoms with E-state index < -0.39 is 0 Å². The highest BCUT2D eigenvalue weighted by Crippen LogP contribution is 2.37. The van der Waals surface area contributed by atoms with Gasteiger partial charge in [0.15, 0.2) is 11.5 Å². The van der Waals surface area contributed by atoms with Gasteiger partial charge in [-0.2, -0.15) is 0 Å². The first-order valence-electron chi connectivity index (χ1n) is 8.42. The molecule has 1 fully saturated rings. The second-order valence-electron chi connectivity index (χ2n) is 6.30. The topological polar surface area (TPSA) is 56.5 Å². The largest absolute Gasteiger partial charge is 0.497 e. The molecule has 0 radical (unpaired) electrons. The number of hydrogen-bond acceptors (Lipinski definition) is 4. The average Bonchev–Trinajstić information content (AvgIpc) is 3.15. The normalized spacial score (nSPS) is 19.0. The van der Waals surface area contributed by atoms with Gasteiger partial charge in [-0.15, -0.1) is 0 Å². The number of carbonyl (C=O) groups is 2. The number of methoxy groups -OCH3 is 1. The number of ketones is 2. The van der Waals surface area contributed by atoms with E-state index in [0.29, 0.717) is 12.2 Å². The first-order chi connectivity index (χ1) is 11.7. The van der Waals surface area contributed by atoms with E-state index in [4.69, 9.17) is 9.15 Å². The zero-order valence-electron chi connectivity index (χ0n) is 13.9. The lowest BCUT2D eigenvalue weighted by Gasteiger charge is -2.29. The third-order valence-corrected chi connectivity index (χ3v) is 4.83. The number of furan rings is 1. The van der Waals surface area contributed by atoms with Crippen LogP contribution < -0.4 is 4.74 Å². The Morgan fingerprint density at radius 1 is 1.25 bits per heavy atom. The average molecular weight is 326 g/mol. The van der Waals surface area contributed by atoms with E-state index in [0.717, 1.165) is 30.6 Å². The maximum Gasteiger partial charge on any atom is 0.198 e. The fraction of sp³-hybridized carbons (Fsp3) is 0.400. The van der Waals surface area contributed by atoms with Gasteiger partial charge in [0.2, 0.25) is 0 Å². The molecular formula is C20H22O4. The maximum absolute atomic E-state index is 12.5.